The molecule has 0 aliphatic carbocycles. The summed E-state index contributed by atoms with van der Waals surface area (Å²) in [6.07, 6.45) is 0. The number of amides is 1. The number of rotatable bonds is 4. The summed E-state index contributed by atoms with van der Waals surface area (Å²) in [5, 5.41) is 3.20. The molecule has 2 heterocycles. The highest BCUT2D eigenvalue weighted by Gasteiger charge is 2.41. The quantitative estimate of drug-likeness (QED) is 0.663. The van der Waals surface area contributed by atoms with Crippen molar-refractivity contribution in [1.29, 1.82) is 0 Å². The third-order valence-electron chi connectivity index (χ3n) is 5.46. The van der Waals surface area contributed by atoms with E-state index in [-0.39, 0.29) is 23.8 Å². The van der Waals surface area contributed by atoms with E-state index >= 15 is 0 Å². The van der Waals surface area contributed by atoms with Gasteiger partial charge in [-0.15, -0.1) is 0 Å². The van der Waals surface area contributed by atoms with Crippen LogP contribution in [0.15, 0.2) is 42.5 Å². The highest BCUT2D eigenvalue weighted by molar-refractivity contribution is 5.80. The number of carbonyl (C=O) groups excluding carboxylic acids is 1. The van der Waals surface area contributed by atoms with Gasteiger partial charge in [-0.3, -0.25) is 4.79 Å². The fraction of sp³-hybridized carbons (Fsp3) is 0.273. The minimum Gasteiger partial charge on any atom is -0.340 e. The second kappa shape index (κ2) is 7.73. The molecule has 0 saturated heterocycles. The number of fused-ring (bicyclic) bond motifs is 1. The highest BCUT2D eigenvalue weighted by Crippen LogP contribution is 2.39. The third-order valence-corrected chi connectivity index (χ3v) is 5.46. The molecule has 1 aromatic heterocycles. The van der Waals surface area contributed by atoms with Gasteiger partial charge in [-0.1, -0.05) is 0 Å². The normalized spacial score (nSPS) is 15.0. The fourth-order valence-corrected chi connectivity index (χ4v) is 3.97. The number of nitrogens with one attached hydrogen (secondary N) is 1. The highest BCUT2D eigenvalue weighted by atomic mass is 19.1. The lowest BCUT2D eigenvalue weighted by molar-refractivity contribution is -0.137. The average Bonchev–Trinajstić information content (AvgIpc) is 3.08. The average molecular weight is 429 g/mol. The van der Waals surface area contributed by atoms with Crippen LogP contribution < -0.4 is 11.1 Å². The van der Waals surface area contributed by atoms with E-state index in [1.54, 1.807) is 17.0 Å². The van der Waals surface area contributed by atoms with Crippen LogP contribution >= 0.6 is 0 Å². The molecule has 0 atom stereocenters. The number of imidazole rings is 1. The molecule has 0 unspecified atom stereocenters. The van der Waals surface area contributed by atoms with Gasteiger partial charge in [-0.2, -0.15) is 0 Å². The van der Waals surface area contributed by atoms with E-state index in [1.165, 1.54) is 24.3 Å². The Morgan fingerprint density at radius 2 is 1.71 bits per heavy atom. The van der Waals surface area contributed by atoms with Gasteiger partial charge < -0.3 is 20.5 Å². The summed E-state index contributed by atoms with van der Waals surface area (Å²) in [6.45, 7) is 4.35. The van der Waals surface area contributed by atoms with Crippen LogP contribution in [0.1, 0.15) is 19.7 Å². The number of aromatic nitrogens is 2. The molecule has 0 spiro atoms. The number of halogens is 3. The molecule has 0 bridgehead atoms. The van der Waals surface area contributed by atoms with Crippen molar-refractivity contribution in [3.63, 3.8) is 0 Å². The minimum absolute atomic E-state index is 0.132. The van der Waals surface area contributed by atoms with Crippen LogP contribution in [-0.2, 0) is 16.9 Å². The van der Waals surface area contributed by atoms with Gasteiger partial charge in [0.05, 0.1) is 12.1 Å². The first-order valence-electron chi connectivity index (χ1n) is 9.81. The van der Waals surface area contributed by atoms with Crippen LogP contribution in [0.3, 0.4) is 0 Å². The first-order chi connectivity index (χ1) is 14.7. The summed E-state index contributed by atoms with van der Waals surface area (Å²) in [5.74, 6) is -1.01. The SMILES string of the molecule is CC1(C)c2nc(-c3cc(F)cc(F)c3)c(Nc3ccc(F)cc3)n2CCN1C(=O)CN. The first-order valence-corrected chi connectivity index (χ1v) is 9.81. The van der Waals surface area contributed by atoms with E-state index in [0.29, 0.717) is 36.1 Å². The molecule has 0 saturated carbocycles. The van der Waals surface area contributed by atoms with Gasteiger partial charge in [0.2, 0.25) is 5.91 Å². The Morgan fingerprint density at radius 3 is 2.32 bits per heavy atom. The Balaban J connectivity index is 1.89. The summed E-state index contributed by atoms with van der Waals surface area (Å²) in [7, 11) is 0. The molecule has 162 valence electrons. The number of hydrogen-bond donors (Lipinski definition) is 2. The molecule has 1 aliphatic rings. The van der Waals surface area contributed by atoms with Gasteiger partial charge in [0.25, 0.3) is 0 Å². The van der Waals surface area contributed by atoms with E-state index in [2.05, 4.69) is 5.32 Å². The molecule has 0 fully saturated rings. The van der Waals surface area contributed by atoms with Gasteiger partial charge >= 0.3 is 0 Å². The van der Waals surface area contributed by atoms with Crippen molar-refractivity contribution < 1.29 is 18.0 Å². The molecule has 1 aliphatic heterocycles. The van der Waals surface area contributed by atoms with Gasteiger partial charge in [0.15, 0.2) is 0 Å². The maximum absolute atomic E-state index is 14.0. The van der Waals surface area contributed by atoms with Crippen molar-refractivity contribution in [2.24, 2.45) is 5.73 Å². The smallest absolute Gasteiger partial charge is 0.237 e. The molecule has 0 radical (unpaired) electrons. The number of hydrogen-bond acceptors (Lipinski definition) is 4. The maximum atomic E-state index is 14.0. The van der Waals surface area contributed by atoms with Crippen LogP contribution in [0, 0.1) is 17.5 Å². The van der Waals surface area contributed by atoms with Crippen molar-refractivity contribution in [2.45, 2.75) is 25.9 Å². The Bertz CT molecular complexity index is 1120. The summed E-state index contributed by atoms with van der Waals surface area (Å²) < 4.78 is 43.2. The minimum atomic E-state index is -0.807. The van der Waals surface area contributed by atoms with E-state index < -0.39 is 17.2 Å². The monoisotopic (exact) mass is 429 g/mol. The topological polar surface area (TPSA) is 76.2 Å². The first kappa shape index (κ1) is 20.9. The Hall–Kier alpha value is -3.33. The predicted molar refractivity (Wildman–Crippen MR) is 111 cm³/mol. The number of carbonyl (C=O) groups is 1. The van der Waals surface area contributed by atoms with E-state index in [0.717, 1.165) is 6.07 Å². The Morgan fingerprint density at radius 1 is 1.06 bits per heavy atom. The molecule has 6 nitrogen and oxygen atoms in total. The van der Waals surface area contributed by atoms with Crippen molar-refractivity contribution in [3.05, 3.63) is 65.7 Å². The van der Waals surface area contributed by atoms with Gasteiger partial charge in [-0.05, 0) is 50.2 Å². The van der Waals surface area contributed by atoms with E-state index in [1.807, 2.05) is 18.4 Å². The molecule has 3 aromatic rings. The molecule has 31 heavy (non-hydrogen) atoms. The molecule has 2 aromatic carbocycles. The standard InChI is InChI=1S/C22H22F3N5O/c1-22(2)21-28-19(13-9-15(24)11-16(25)10-13)20(27-17-5-3-14(23)4-6-17)29(21)7-8-30(22)18(31)12-26/h3-6,9-11,27H,7-8,12,26H2,1-2H3. The summed E-state index contributed by atoms with van der Waals surface area (Å²) in [6, 6.07) is 8.92. The second-order valence-electron chi connectivity index (χ2n) is 7.88. The zero-order valence-corrected chi connectivity index (χ0v) is 17.1. The lowest BCUT2D eigenvalue weighted by Crippen LogP contribution is -2.53. The summed E-state index contributed by atoms with van der Waals surface area (Å²) in [5.41, 5.74) is 5.92. The summed E-state index contributed by atoms with van der Waals surface area (Å²) >= 11 is 0. The van der Waals surface area contributed by atoms with E-state index in [9.17, 15) is 18.0 Å². The number of nitrogens with zero attached hydrogens (tertiary/aromatic N) is 3. The van der Waals surface area contributed by atoms with Crippen LogP contribution in [-0.4, -0.2) is 33.4 Å². The van der Waals surface area contributed by atoms with Crippen LogP contribution in [0.5, 0.6) is 0 Å². The molecular weight excluding hydrogens is 407 g/mol. The lowest BCUT2D eigenvalue weighted by atomic mass is 9.99. The number of benzene rings is 2. The molecule has 9 heteroatoms. The van der Waals surface area contributed by atoms with Crippen LogP contribution in [0.25, 0.3) is 11.3 Å². The van der Waals surface area contributed by atoms with E-state index in [4.69, 9.17) is 10.7 Å². The molecule has 4 rings (SSSR count). The molecule has 1 amide bonds. The third kappa shape index (κ3) is 3.76. The van der Waals surface area contributed by atoms with Crippen LogP contribution in [0.4, 0.5) is 24.7 Å². The fourth-order valence-electron chi connectivity index (χ4n) is 3.97. The van der Waals surface area contributed by atoms with Gasteiger partial charge in [0.1, 0.15) is 34.8 Å². The molecular formula is C22H22F3N5O. The number of nitrogens with two attached hydrogens (primary N) is 1. The second-order valence-corrected chi connectivity index (χ2v) is 7.88. The number of anilines is 2. The van der Waals surface area contributed by atoms with Crippen molar-refractivity contribution in [2.75, 3.05) is 18.4 Å². The van der Waals surface area contributed by atoms with Crippen LogP contribution in [0.2, 0.25) is 0 Å². The predicted octanol–water partition coefficient (Wildman–Crippen LogP) is 3.75. The van der Waals surface area contributed by atoms with Crippen molar-refractivity contribution >= 4 is 17.4 Å². The largest absolute Gasteiger partial charge is 0.340 e. The lowest BCUT2D eigenvalue weighted by Gasteiger charge is -2.42. The Labute approximate surface area is 177 Å². The van der Waals surface area contributed by atoms with Gasteiger partial charge in [0, 0.05) is 30.4 Å². The molecule has 3 N–H and O–H groups in total. The zero-order chi connectivity index (χ0) is 22.3. The Kier molecular flexibility index (Phi) is 5.22. The maximum Gasteiger partial charge on any atom is 0.237 e. The zero-order valence-electron chi connectivity index (χ0n) is 17.1. The summed E-state index contributed by atoms with van der Waals surface area (Å²) in [4.78, 5) is 18.7. The van der Waals surface area contributed by atoms with Crippen molar-refractivity contribution in [3.8, 4) is 11.3 Å². The van der Waals surface area contributed by atoms with Crippen molar-refractivity contribution in [1.82, 2.24) is 14.5 Å². The van der Waals surface area contributed by atoms with Gasteiger partial charge in [-0.25, -0.2) is 18.2 Å².